The molecule has 1 aliphatic rings. The van der Waals surface area contributed by atoms with Crippen LogP contribution in [-0.2, 0) is 13.1 Å². The van der Waals surface area contributed by atoms with Gasteiger partial charge in [-0.05, 0) is 71.8 Å². The zero-order chi connectivity index (χ0) is 32.5. The fraction of sp³-hybridized carbons (Fsp3) is 0.222. The molecule has 0 spiro atoms. The van der Waals surface area contributed by atoms with Gasteiger partial charge in [-0.1, -0.05) is 12.1 Å². The number of aromatic hydroxyl groups is 2. The maximum absolute atomic E-state index is 13.0. The minimum atomic E-state index is -0.211. The van der Waals surface area contributed by atoms with E-state index in [1.54, 1.807) is 73.3 Å². The van der Waals surface area contributed by atoms with Crippen molar-refractivity contribution in [2.45, 2.75) is 13.1 Å². The maximum Gasteiger partial charge on any atom is 0.186 e. The molecule has 1 saturated heterocycles. The topological polar surface area (TPSA) is 125 Å². The van der Waals surface area contributed by atoms with Crippen LogP contribution in [0, 0.1) is 0 Å². The van der Waals surface area contributed by atoms with Crippen molar-refractivity contribution in [3.63, 3.8) is 0 Å². The highest BCUT2D eigenvalue weighted by Crippen LogP contribution is 2.34. The number of carbonyl (C=O) groups excluding carboxylic acids is 2. The average Bonchev–Trinajstić information content (AvgIpc) is 3.09. The number of ketones is 2. The Morgan fingerprint density at radius 2 is 1.13 bits per heavy atom. The third-order valence-corrected chi connectivity index (χ3v) is 7.79. The lowest BCUT2D eigenvalue weighted by Crippen LogP contribution is -2.45. The van der Waals surface area contributed by atoms with Gasteiger partial charge in [-0.15, -0.1) is 0 Å². The Balaban J connectivity index is 1.24. The molecular weight excluding hydrogens is 584 g/mol. The molecule has 0 amide bonds. The van der Waals surface area contributed by atoms with Crippen LogP contribution in [0.2, 0.25) is 0 Å². The van der Waals surface area contributed by atoms with Gasteiger partial charge in [-0.3, -0.25) is 29.4 Å². The van der Waals surface area contributed by atoms with Gasteiger partial charge in [0.15, 0.2) is 34.6 Å². The molecule has 1 aliphatic heterocycles. The first-order chi connectivity index (χ1) is 22.3. The molecule has 236 valence electrons. The quantitative estimate of drug-likeness (QED) is 0.165. The molecule has 0 atom stereocenters. The minimum Gasteiger partial charge on any atom is -0.504 e. The summed E-state index contributed by atoms with van der Waals surface area (Å²) in [6, 6.07) is 13.8. The van der Waals surface area contributed by atoms with Crippen LogP contribution < -0.4 is 9.47 Å². The van der Waals surface area contributed by atoms with E-state index >= 15 is 0 Å². The van der Waals surface area contributed by atoms with Gasteiger partial charge in [-0.25, -0.2) is 0 Å². The summed E-state index contributed by atoms with van der Waals surface area (Å²) in [4.78, 5) is 38.5. The number of nitrogens with zero attached hydrogens (tertiary/aromatic N) is 4. The van der Waals surface area contributed by atoms with Crippen molar-refractivity contribution in [2.75, 3.05) is 40.4 Å². The highest BCUT2D eigenvalue weighted by Gasteiger charge is 2.23. The standard InChI is InChI=1S/C36H36N4O6/c1-45-33-19-27(31(41)9-7-25-5-3-11-37-21-25)17-29(35(33)43)23-39-13-15-40(16-14-39)24-30-18-28(20-34(46-2)36(30)44)32(42)10-8-26-6-4-12-38-22-26/h3-12,17-22,43-44H,13-16,23-24H2,1-2H3/b9-7+,10-8+. The first kappa shape index (κ1) is 32.1. The number of carbonyl (C=O) groups is 2. The van der Waals surface area contributed by atoms with Crippen LogP contribution in [0.4, 0.5) is 0 Å². The number of hydrogen-bond donors (Lipinski definition) is 2. The zero-order valence-corrected chi connectivity index (χ0v) is 25.8. The second-order valence-electron chi connectivity index (χ2n) is 10.9. The van der Waals surface area contributed by atoms with Crippen molar-refractivity contribution in [2.24, 2.45) is 0 Å². The molecule has 1 fully saturated rings. The summed E-state index contributed by atoms with van der Waals surface area (Å²) in [6.45, 7) is 3.60. The molecule has 4 aromatic rings. The van der Waals surface area contributed by atoms with Gasteiger partial charge in [-0.2, -0.15) is 0 Å². The van der Waals surface area contributed by atoms with E-state index in [2.05, 4.69) is 19.8 Å². The second-order valence-corrected chi connectivity index (χ2v) is 10.9. The molecule has 0 aliphatic carbocycles. The molecule has 3 heterocycles. The molecule has 10 heteroatoms. The van der Waals surface area contributed by atoms with Crippen LogP contribution in [0.15, 0.2) is 85.5 Å². The van der Waals surface area contributed by atoms with E-state index in [9.17, 15) is 19.8 Å². The number of rotatable bonds is 12. The SMILES string of the molecule is COc1cc(C(=O)/C=C/c2cccnc2)cc(CN2CCN(Cc3cc(C(=O)/C=C/c4cccnc4)cc(OC)c3O)CC2)c1O. The van der Waals surface area contributed by atoms with E-state index in [4.69, 9.17) is 9.47 Å². The number of benzene rings is 2. The molecule has 0 saturated carbocycles. The maximum atomic E-state index is 13.0. The van der Waals surface area contributed by atoms with Gasteiger partial charge in [0, 0.05) is 86.3 Å². The number of methoxy groups -OCH3 is 2. The van der Waals surface area contributed by atoms with E-state index in [-0.39, 0.29) is 34.6 Å². The summed E-state index contributed by atoms with van der Waals surface area (Å²) in [5.41, 5.74) is 3.64. The van der Waals surface area contributed by atoms with Crippen molar-refractivity contribution in [1.82, 2.24) is 19.8 Å². The van der Waals surface area contributed by atoms with Crippen LogP contribution >= 0.6 is 0 Å². The smallest absolute Gasteiger partial charge is 0.186 e. The average molecular weight is 621 g/mol. The summed E-state index contributed by atoms with van der Waals surface area (Å²) in [5, 5.41) is 21.7. The van der Waals surface area contributed by atoms with Crippen LogP contribution in [0.5, 0.6) is 23.0 Å². The van der Waals surface area contributed by atoms with Crippen LogP contribution in [0.3, 0.4) is 0 Å². The van der Waals surface area contributed by atoms with Gasteiger partial charge in [0.05, 0.1) is 14.2 Å². The summed E-state index contributed by atoms with van der Waals surface area (Å²) < 4.78 is 10.8. The fourth-order valence-corrected chi connectivity index (χ4v) is 5.24. The number of piperazine rings is 1. The number of allylic oxidation sites excluding steroid dienone is 2. The lowest BCUT2D eigenvalue weighted by atomic mass is 10.0. The van der Waals surface area contributed by atoms with Crippen molar-refractivity contribution in [3.8, 4) is 23.0 Å². The Bertz CT molecular complexity index is 1600. The van der Waals surface area contributed by atoms with Crippen molar-refractivity contribution in [3.05, 3.63) is 119 Å². The number of phenols is 2. The first-order valence-electron chi connectivity index (χ1n) is 14.8. The van der Waals surface area contributed by atoms with Crippen LogP contribution in [0.25, 0.3) is 12.2 Å². The fourth-order valence-electron chi connectivity index (χ4n) is 5.24. The molecule has 10 nitrogen and oxygen atoms in total. The Kier molecular flexibility index (Phi) is 10.5. The summed E-state index contributed by atoms with van der Waals surface area (Å²) >= 11 is 0. The van der Waals surface area contributed by atoms with Crippen LogP contribution in [0.1, 0.15) is 43.0 Å². The minimum absolute atomic E-state index is 0.00814. The monoisotopic (exact) mass is 620 g/mol. The zero-order valence-electron chi connectivity index (χ0n) is 25.8. The van der Waals surface area contributed by atoms with E-state index in [1.165, 1.54) is 26.4 Å². The Hall–Kier alpha value is -5.32. The highest BCUT2D eigenvalue weighted by atomic mass is 16.5. The third-order valence-electron chi connectivity index (χ3n) is 7.79. The number of phenolic OH excluding ortho intramolecular Hbond substituents is 2. The van der Waals surface area contributed by atoms with Gasteiger partial charge in [0.1, 0.15) is 0 Å². The molecule has 46 heavy (non-hydrogen) atoms. The predicted octanol–water partition coefficient (Wildman–Crippen LogP) is 5.02. The van der Waals surface area contributed by atoms with Crippen LogP contribution in [-0.4, -0.2) is 81.9 Å². The summed E-state index contributed by atoms with van der Waals surface area (Å²) in [7, 11) is 2.92. The largest absolute Gasteiger partial charge is 0.504 e. The normalized spacial score (nSPS) is 14.1. The predicted molar refractivity (Wildman–Crippen MR) is 175 cm³/mol. The third kappa shape index (κ3) is 8.03. The van der Waals surface area contributed by atoms with E-state index in [1.807, 2.05) is 12.1 Å². The van der Waals surface area contributed by atoms with Crippen molar-refractivity contribution < 1.29 is 29.3 Å². The molecule has 2 aromatic carbocycles. The number of ether oxygens (including phenoxy) is 2. The van der Waals surface area contributed by atoms with Gasteiger partial charge >= 0.3 is 0 Å². The molecule has 5 rings (SSSR count). The Morgan fingerprint density at radius 1 is 0.717 bits per heavy atom. The Morgan fingerprint density at radius 3 is 1.48 bits per heavy atom. The lowest BCUT2D eigenvalue weighted by molar-refractivity contribution is 0.103. The summed E-state index contributed by atoms with van der Waals surface area (Å²) in [5.74, 6) is 0.0721. The molecule has 0 radical (unpaired) electrons. The molecule has 0 bridgehead atoms. The second kappa shape index (κ2) is 15.1. The first-order valence-corrected chi connectivity index (χ1v) is 14.8. The Labute approximate surface area is 267 Å². The van der Waals surface area contributed by atoms with E-state index in [0.717, 1.165) is 11.1 Å². The summed E-state index contributed by atoms with van der Waals surface area (Å²) in [6.07, 6.45) is 13.0. The molecule has 2 aromatic heterocycles. The lowest BCUT2D eigenvalue weighted by Gasteiger charge is -2.35. The van der Waals surface area contributed by atoms with Crippen molar-refractivity contribution in [1.29, 1.82) is 0 Å². The van der Waals surface area contributed by atoms with E-state index in [0.29, 0.717) is 61.5 Å². The number of hydrogen-bond acceptors (Lipinski definition) is 10. The molecule has 2 N–H and O–H groups in total. The van der Waals surface area contributed by atoms with Gasteiger partial charge in [0.25, 0.3) is 0 Å². The number of pyridine rings is 2. The highest BCUT2D eigenvalue weighted by molar-refractivity contribution is 6.08. The van der Waals surface area contributed by atoms with Crippen molar-refractivity contribution >= 4 is 23.7 Å². The molecular formula is C36H36N4O6. The van der Waals surface area contributed by atoms with E-state index < -0.39 is 0 Å². The van der Waals surface area contributed by atoms with Gasteiger partial charge < -0.3 is 19.7 Å². The van der Waals surface area contributed by atoms with Gasteiger partial charge in [0.2, 0.25) is 0 Å². The molecule has 0 unspecified atom stereocenters. The number of aromatic nitrogens is 2.